The van der Waals surface area contributed by atoms with Crippen LogP contribution in [0.1, 0.15) is 80.2 Å². The maximum Gasteiger partial charge on any atom is 0.224 e. The van der Waals surface area contributed by atoms with Crippen LogP contribution >= 0.6 is 8.51 Å². The van der Waals surface area contributed by atoms with Crippen molar-refractivity contribution in [3.63, 3.8) is 0 Å². The lowest BCUT2D eigenvalue weighted by atomic mass is 9.78. The van der Waals surface area contributed by atoms with E-state index in [1.807, 2.05) is 0 Å². The van der Waals surface area contributed by atoms with Crippen LogP contribution in [0.2, 0.25) is 0 Å². The van der Waals surface area contributed by atoms with Crippen molar-refractivity contribution in [3.05, 3.63) is 28.1 Å². The molecule has 0 aromatic carbocycles. The Morgan fingerprint density at radius 1 is 0.950 bits per heavy atom. The highest BCUT2D eigenvalue weighted by molar-refractivity contribution is 7.18. The van der Waals surface area contributed by atoms with E-state index in [1.165, 1.54) is 28.1 Å². The fourth-order valence-electron chi connectivity index (χ4n) is 3.41. The van der Waals surface area contributed by atoms with Crippen LogP contribution in [0.3, 0.4) is 0 Å². The Kier molecular flexibility index (Phi) is 3.84. The first-order valence-electron chi connectivity index (χ1n) is 7.72. The lowest BCUT2D eigenvalue weighted by Gasteiger charge is -2.35. The van der Waals surface area contributed by atoms with Gasteiger partial charge < -0.3 is 0 Å². The molecule has 0 spiro atoms. The molecule has 1 aliphatic rings. The zero-order valence-electron chi connectivity index (χ0n) is 14.5. The van der Waals surface area contributed by atoms with E-state index in [-0.39, 0.29) is 5.41 Å². The third-order valence-electron chi connectivity index (χ3n) is 5.34. The number of hydrogen-bond donors (Lipinski definition) is 0. The van der Waals surface area contributed by atoms with Crippen LogP contribution in [0.25, 0.3) is 0 Å². The molecule has 0 atom stereocenters. The predicted molar refractivity (Wildman–Crippen MR) is 89.0 cm³/mol. The van der Waals surface area contributed by atoms with Gasteiger partial charge in [-0.15, -0.1) is 0 Å². The normalized spacial score (nSPS) is 19.6. The first-order chi connectivity index (χ1) is 9.13. The SMILES string of the molecule is CC1=C(C)C(C)(c2n(C(C)C)[pH][n+]2C(C)C)C(C)=C1C. The lowest BCUT2D eigenvalue weighted by molar-refractivity contribution is -0.676. The van der Waals surface area contributed by atoms with Gasteiger partial charge in [0.25, 0.3) is 0 Å². The molecule has 0 unspecified atom stereocenters. The third-order valence-corrected chi connectivity index (χ3v) is 7.23. The van der Waals surface area contributed by atoms with Crippen molar-refractivity contribution < 1.29 is 4.33 Å². The molecule has 1 aromatic heterocycles. The van der Waals surface area contributed by atoms with Gasteiger partial charge in [-0.25, -0.2) is 8.66 Å². The van der Waals surface area contributed by atoms with Crippen molar-refractivity contribution in [2.75, 3.05) is 0 Å². The molecular weight excluding hydrogens is 263 g/mol. The molecule has 1 aromatic rings. The van der Waals surface area contributed by atoms with Crippen LogP contribution in [0.15, 0.2) is 22.3 Å². The van der Waals surface area contributed by atoms with Gasteiger partial charge in [0, 0.05) is 0 Å². The maximum absolute atomic E-state index is 2.60. The summed E-state index contributed by atoms with van der Waals surface area (Å²) in [5.74, 6) is 1.52. The number of aromatic nitrogens is 2. The van der Waals surface area contributed by atoms with Crippen molar-refractivity contribution in [2.45, 2.75) is 79.8 Å². The standard InChI is InChI=1S/C17H30N2P/c1-10(2)18-16(19(20-18)11(3)4)17(9)14(7)12(5)13(6)15(17)8/h10-11,20H,1-9H3/q+1. The van der Waals surface area contributed by atoms with E-state index in [0.29, 0.717) is 12.1 Å². The van der Waals surface area contributed by atoms with Crippen molar-refractivity contribution in [1.82, 2.24) is 4.33 Å². The largest absolute Gasteiger partial charge is 0.229 e. The van der Waals surface area contributed by atoms with Crippen molar-refractivity contribution in [2.24, 2.45) is 0 Å². The summed E-state index contributed by atoms with van der Waals surface area (Å²) in [5, 5.41) is 0. The second kappa shape index (κ2) is 4.91. The summed E-state index contributed by atoms with van der Waals surface area (Å²) < 4.78 is 5.19. The minimum atomic E-state index is 0.0912. The smallest absolute Gasteiger partial charge is 0.224 e. The molecule has 0 saturated carbocycles. The van der Waals surface area contributed by atoms with Gasteiger partial charge >= 0.3 is 0 Å². The third kappa shape index (κ3) is 1.88. The van der Waals surface area contributed by atoms with E-state index in [9.17, 15) is 0 Å². The lowest BCUT2D eigenvalue weighted by Crippen LogP contribution is -2.52. The molecule has 0 aliphatic heterocycles. The maximum atomic E-state index is 2.60. The van der Waals surface area contributed by atoms with E-state index >= 15 is 0 Å². The molecule has 1 aliphatic carbocycles. The summed E-state index contributed by atoms with van der Waals surface area (Å²) >= 11 is 0. The zero-order chi connectivity index (χ0) is 15.4. The number of hydrogen-bond acceptors (Lipinski definition) is 0. The molecule has 0 bridgehead atoms. The van der Waals surface area contributed by atoms with E-state index < -0.39 is 0 Å². The minimum Gasteiger partial charge on any atom is -0.229 e. The molecule has 2 nitrogen and oxygen atoms in total. The predicted octanol–water partition coefficient (Wildman–Crippen LogP) is 4.91. The van der Waals surface area contributed by atoms with Crippen LogP contribution in [0.4, 0.5) is 0 Å². The van der Waals surface area contributed by atoms with Gasteiger partial charge in [-0.3, -0.25) is 0 Å². The zero-order valence-corrected chi connectivity index (χ0v) is 15.5. The second-order valence-electron chi connectivity index (χ2n) is 6.98. The summed E-state index contributed by atoms with van der Waals surface area (Å²) in [6.45, 7) is 20.8. The Hall–Kier alpha value is -0.750. The molecular formula is C17H30N2P+. The highest BCUT2D eigenvalue weighted by atomic mass is 31.1. The van der Waals surface area contributed by atoms with Gasteiger partial charge in [0.15, 0.2) is 0 Å². The molecule has 20 heavy (non-hydrogen) atoms. The quantitative estimate of drug-likeness (QED) is 0.748. The summed E-state index contributed by atoms with van der Waals surface area (Å²) in [6.07, 6.45) is 0. The number of allylic oxidation sites excluding steroid dienone is 4. The van der Waals surface area contributed by atoms with Crippen LogP contribution in [-0.4, -0.2) is 4.33 Å². The molecule has 0 N–H and O–H groups in total. The molecule has 112 valence electrons. The Labute approximate surface area is 125 Å². The van der Waals surface area contributed by atoms with Crippen molar-refractivity contribution in [3.8, 4) is 0 Å². The number of nitrogens with zero attached hydrogens (tertiary/aromatic N) is 2. The highest BCUT2D eigenvalue weighted by Gasteiger charge is 2.47. The Balaban J connectivity index is 2.68. The van der Waals surface area contributed by atoms with E-state index in [1.54, 1.807) is 0 Å². The van der Waals surface area contributed by atoms with Gasteiger partial charge in [0.1, 0.15) is 8.51 Å². The Morgan fingerprint density at radius 2 is 1.40 bits per heavy atom. The molecule has 1 heterocycles. The Bertz CT molecular complexity index is 549. The van der Waals surface area contributed by atoms with Gasteiger partial charge in [0.2, 0.25) is 5.82 Å². The minimum absolute atomic E-state index is 0.0912. The van der Waals surface area contributed by atoms with E-state index in [0.717, 1.165) is 8.51 Å². The molecule has 0 amide bonds. The van der Waals surface area contributed by atoms with Gasteiger partial charge in [0.05, 0.1) is 17.5 Å². The van der Waals surface area contributed by atoms with Crippen LogP contribution < -0.4 is 4.33 Å². The molecule has 0 fully saturated rings. The van der Waals surface area contributed by atoms with Crippen molar-refractivity contribution in [1.29, 1.82) is 0 Å². The van der Waals surface area contributed by atoms with Gasteiger partial charge in [-0.1, -0.05) is 0 Å². The molecule has 0 radical (unpaired) electrons. The Morgan fingerprint density at radius 3 is 1.75 bits per heavy atom. The molecule has 3 heteroatoms. The topological polar surface area (TPSA) is 8.81 Å². The van der Waals surface area contributed by atoms with Crippen molar-refractivity contribution >= 4 is 8.51 Å². The summed E-state index contributed by atoms with van der Waals surface area (Å²) in [6, 6.07) is 1.16. The van der Waals surface area contributed by atoms with E-state index in [4.69, 9.17) is 0 Å². The van der Waals surface area contributed by atoms with Gasteiger partial charge in [-0.05, 0) is 84.6 Å². The molecule has 2 rings (SSSR count). The number of rotatable bonds is 3. The van der Waals surface area contributed by atoms with E-state index in [2.05, 4.69) is 71.0 Å². The average Bonchev–Trinajstić information content (AvgIpc) is 2.43. The molecule has 0 saturated heterocycles. The van der Waals surface area contributed by atoms with Gasteiger partial charge in [-0.2, -0.15) is 0 Å². The first-order valence-corrected chi connectivity index (χ1v) is 8.61. The summed E-state index contributed by atoms with van der Waals surface area (Å²) in [7, 11) is 0.800. The second-order valence-corrected chi connectivity index (χ2v) is 8.14. The first kappa shape index (κ1) is 15.6. The highest BCUT2D eigenvalue weighted by Crippen LogP contribution is 2.49. The van der Waals surface area contributed by atoms with Crippen LogP contribution in [-0.2, 0) is 5.41 Å². The summed E-state index contributed by atoms with van der Waals surface area (Å²) in [5.41, 5.74) is 6.13. The van der Waals surface area contributed by atoms with Crippen LogP contribution in [0.5, 0.6) is 0 Å². The fourth-order valence-corrected chi connectivity index (χ4v) is 4.82. The van der Waals surface area contributed by atoms with Crippen LogP contribution in [0, 0.1) is 0 Å². The monoisotopic (exact) mass is 293 g/mol. The average molecular weight is 293 g/mol. The summed E-state index contributed by atoms with van der Waals surface area (Å²) in [4.78, 5) is 0. The fraction of sp³-hybridized carbons (Fsp3) is 0.706.